The van der Waals surface area contributed by atoms with Crippen molar-refractivity contribution in [1.29, 1.82) is 0 Å². The molecule has 2 fully saturated rings. The highest BCUT2D eigenvalue weighted by Crippen LogP contribution is 2.77. The fraction of sp³-hybridized carbons (Fsp3) is 0.933. The van der Waals surface area contributed by atoms with Crippen molar-refractivity contribution in [2.45, 2.75) is 72.8 Å². The number of hydrogen-bond acceptors (Lipinski definition) is 2. The molecule has 2 aliphatic carbocycles. The van der Waals surface area contributed by atoms with Gasteiger partial charge in [0.05, 0.1) is 5.41 Å². The summed E-state index contributed by atoms with van der Waals surface area (Å²) >= 11 is 0. The first-order valence-corrected chi connectivity index (χ1v) is 6.84. The van der Waals surface area contributed by atoms with Gasteiger partial charge in [-0.25, -0.2) is 0 Å². The van der Waals surface area contributed by atoms with E-state index in [1.807, 2.05) is 20.8 Å². The van der Waals surface area contributed by atoms with E-state index in [4.69, 9.17) is 4.74 Å². The van der Waals surface area contributed by atoms with Crippen LogP contribution in [0, 0.1) is 16.2 Å². The van der Waals surface area contributed by atoms with Crippen LogP contribution >= 0.6 is 0 Å². The van der Waals surface area contributed by atoms with Gasteiger partial charge in [-0.15, -0.1) is 0 Å². The molecule has 0 radical (unpaired) electrons. The maximum atomic E-state index is 12.2. The SMILES string of the molecule is CCC(C)(C)C(=O)OC1(C)CCC2(C)CC21C. The van der Waals surface area contributed by atoms with Crippen LogP contribution in [0.3, 0.4) is 0 Å². The molecule has 3 unspecified atom stereocenters. The monoisotopic (exact) mass is 238 g/mol. The van der Waals surface area contributed by atoms with Crippen molar-refractivity contribution >= 4 is 5.97 Å². The van der Waals surface area contributed by atoms with E-state index in [1.54, 1.807) is 0 Å². The summed E-state index contributed by atoms with van der Waals surface area (Å²) in [4.78, 5) is 12.2. The van der Waals surface area contributed by atoms with E-state index in [0.29, 0.717) is 5.41 Å². The molecule has 17 heavy (non-hydrogen) atoms. The van der Waals surface area contributed by atoms with Crippen LogP contribution in [0.1, 0.15) is 67.2 Å². The molecule has 0 saturated heterocycles. The van der Waals surface area contributed by atoms with Crippen LogP contribution in [0.2, 0.25) is 0 Å². The van der Waals surface area contributed by atoms with Crippen molar-refractivity contribution in [2.75, 3.05) is 0 Å². The lowest BCUT2D eigenvalue weighted by atomic mass is 9.85. The molecule has 0 bridgehead atoms. The second-order valence-corrected chi connectivity index (χ2v) is 7.43. The van der Waals surface area contributed by atoms with Crippen molar-refractivity contribution in [3.05, 3.63) is 0 Å². The highest BCUT2D eigenvalue weighted by molar-refractivity contribution is 5.76. The zero-order valence-electron chi connectivity index (χ0n) is 12.1. The fourth-order valence-electron chi connectivity index (χ4n) is 3.37. The smallest absolute Gasteiger partial charge is 0.312 e. The molecule has 0 N–H and O–H groups in total. The van der Waals surface area contributed by atoms with Crippen LogP contribution in [0.5, 0.6) is 0 Å². The number of fused-ring (bicyclic) bond motifs is 1. The normalized spacial score (nSPS) is 44.4. The van der Waals surface area contributed by atoms with Gasteiger partial charge in [0.2, 0.25) is 0 Å². The third kappa shape index (κ3) is 1.56. The van der Waals surface area contributed by atoms with E-state index in [2.05, 4.69) is 20.8 Å². The molecule has 0 aliphatic heterocycles. The molecule has 0 aromatic rings. The maximum absolute atomic E-state index is 12.2. The van der Waals surface area contributed by atoms with Crippen molar-refractivity contribution in [3.63, 3.8) is 0 Å². The zero-order chi connectivity index (χ0) is 13.1. The van der Waals surface area contributed by atoms with Gasteiger partial charge in [0.25, 0.3) is 0 Å². The lowest BCUT2D eigenvalue weighted by Crippen LogP contribution is -2.42. The summed E-state index contributed by atoms with van der Waals surface area (Å²) < 4.78 is 5.94. The summed E-state index contributed by atoms with van der Waals surface area (Å²) in [6.07, 6.45) is 4.25. The number of hydrogen-bond donors (Lipinski definition) is 0. The van der Waals surface area contributed by atoms with Gasteiger partial charge in [0.15, 0.2) is 0 Å². The minimum absolute atomic E-state index is 0.0279. The van der Waals surface area contributed by atoms with Gasteiger partial charge < -0.3 is 4.74 Å². The zero-order valence-corrected chi connectivity index (χ0v) is 12.1. The molecule has 2 saturated carbocycles. The summed E-state index contributed by atoms with van der Waals surface area (Å²) in [5.74, 6) is -0.0279. The Morgan fingerprint density at radius 1 is 1.24 bits per heavy atom. The highest BCUT2D eigenvalue weighted by Gasteiger charge is 2.75. The Labute approximate surface area is 105 Å². The lowest BCUT2D eigenvalue weighted by molar-refractivity contribution is -0.175. The lowest BCUT2D eigenvalue weighted by Gasteiger charge is -2.36. The standard InChI is InChI=1S/C15H26O2/c1-7-12(2,3)11(16)17-15(6)9-8-13(4)10-14(13,15)5/h7-10H2,1-6H3. The molecule has 0 spiro atoms. The van der Waals surface area contributed by atoms with Gasteiger partial charge >= 0.3 is 5.97 Å². The van der Waals surface area contributed by atoms with Crippen LogP contribution in [0.4, 0.5) is 0 Å². The molecule has 2 aliphatic rings. The molecule has 0 aromatic carbocycles. The number of rotatable bonds is 3. The molecule has 3 atom stereocenters. The summed E-state index contributed by atoms with van der Waals surface area (Å²) in [5, 5.41) is 0. The summed E-state index contributed by atoms with van der Waals surface area (Å²) in [6, 6.07) is 0. The average molecular weight is 238 g/mol. The largest absolute Gasteiger partial charge is 0.458 e. The predicted octanol–water partition coefficient (Wildman–Crippen LogP) is 3.93. The van der Waals surface area contributed by atoms with E-state index in [0.717, 1.165) is 12.8 Å². The van der Waals surface area contributed by atoms with Gasteiger partial charge in [0, 0.05) is 5.41 Å². The van der Waals surface area contributed by atoms with Crippen molar-refractivity contribution in [1.82, 2.24) is 0 Å². The maximum Gasteiger partial charge on any atom is 0.312 e. The Hall–Kier alpha value is -0.530. The fourth-order valence-corrected chi connectivity index (χ4v) is 3.37. The van der Waals surface area contributed by atoms with E-state index in [-0.39, 0.29) is 22.4 Å². The number of esters is 1. The Balaban J connectivity index is 2.13. The van der Waals surface area contributed by atoms with Crippen LogP contribution in [0.15, 0.2) is 0 Å². The third-order valence-electron chi connectivity index (χ3n) is 6.03. The molecule has 0 heterocycles. The minimum atomic E-state index is -0.354. The summed E-state index contributed by atoms with van der Waals surface area (Å²) in [6.45, 7) is 12.7. The van der Waals surface area contributed by atoms with Crippen LogP contribution in [-0.2, 0) is 9.53 Å². The van der Waals surface area contributed by atoms with E-state index < -0.39 is 0 Å². The molecule has 0 aromatic heterocycles. The van der Waals surface area contributed by atoms with Gasteiger partial charge in [-0.2, -0.15) is 0 Å². The van der Waals surface area contributed by atoms with Gasteiger partial charge in [0.1, 0.15) is 5.60 Å². The number of carbonyl (C=O) groups excluding carboxylic acids is 1. The highest BCUT2D eigenvalue weighted by atomic mass is 16.6. The molecule has 2 rings (SSSR count). The Morgan fingerprint density at radius 2 is 1.82 bits per heavy atom. The first-order valence-electron chi connectivity index (χ1n) is 6.84. The Morgan fingerprint density at radius 3 is 2.18 bits per heavy atom. The van der Waals surface area contributed by atoms with Crippen molar-refractivity contribution in [3.8, 4) is 0 Å². The van der Waals surface area contributed by atoms with E-state index in [1.165, 1.54) is 12.8 Å². The first-order chi connectivity index (χ1) is 7.60. The molecule has 98 valence electrons. The van der Waals surface area contributed by atoms with Crippen molar-refractivity contribution < 1.29 is 9.53 Å². The van der Waals surface area contributed by atoms with E-state index >= 15 is 0 Å². The van der Waals surface area contributed by atoms with Crippen LogP contribution < -0.4 is 0 Å². The third-order valence-corrected chi connectivity index (χ3v) is 6.03. The predicted molar refractivity (Wildman–Crippen MR) is 68.6 cm³/mol. The topological polar surface area (TPSA) is 26.3 Å². The average Bonchev–Trinajstić information content (AvgIpc) is 2.75. The second-order valence-electron chi connectivity index (χ2n) is 7.43. The minimum Gasteiger partial charge on any atom is -0.458 e. The van der Waals surface area contributed by atoms with Gasteiger partial charge in [-0.05, 0) is 51.9 Å². The van der Waals surface area contributed by atoms with Gasteiger partial charge in [-0.3, -0.25) is 4.79 Å². The second kappa shape index (κ2) is 3.27. The number of ether oxygens (including phenoxy) is 1. The van der Waals surface area contributed by atoms with Gasteiger partial charge in [-0.1, -0.05) is 20.8 Å². The van der Waals surface area contributed by atoms with Crippen LogP contribution in [0.25, 0.3) is 0 Å². The number of carbonyl (C=O) groups is 1. The van der Waals surface area contributed by atoms with E-state index in [9.17, 15) is 4.79 Å². The summed E-state index contributed by atoms with van der Waals surface area (Å²) in [7, 11) is 0. The van der Waals surface area contributed by atoms with Crippen molar-refractivity contribution in [2.24, 2.45) is 16.2 Å². The first kappa shape index (κ1) is 12.9. The Bertz CT molecular complexity index is 356. The van der Waals surface area contributed by atoms with Crippen LogP contribution in [-0.4, -0.2) is 11.6 Å². The molecular formula is C15H26O2. The summed E-state index contributed by atoms with van der Waals surface area (Å²) in [5.41, 5.74) is 0.0242. The molecule has 2 heteroatoms. The molecular weight excluding hydrogens is 212 g/mol. The Kier molecular flexibility index (Phi) is 2.48. The molecule has 0 amide bonds. The molecule has 2 nitrogen and oxygen atoms in total. The quantitative estimate of drug-likeness (QED) is 0.696.